The lowest BCUT2D eigenvalue weighted by Gasteiger charge is -2.29. The molecule has 2 saturated heterocycles. The van der Waals surface area contributed by atoms with Gasteiger partial charge >= 0.3 is 0 Å². The Morgan fingerprint density at radius 3 is 2.78 bits per heavy atom. The maximum atomic E-state index is 12.6. The predicted molar refractivity (Wildman–Crippen MR) is 139 cm³/mol. The van der Waals surface area contributed by atoms with Crippen LogP contribution in [0.1, 0.15) is 30.9 Å². The monoisotopic (exact) mass is 486 g/mol. The molecule has 0 bridgehead atoms. The highest BCUT2D eigenvalue weighted by molar-refractivity contribution is 5.84. The molecule has 0 radical (unpaired) electrons. The second-order valence-electron chi connectivity index (χ2n) is 9.91. The normalized spacial score (nSPS) is 20.5. The van der Waals surface area contributed by atoms with E-state index >= 15 is 0 Å². The SMILES string of the molecule is CN1CCC(n2ncc3ccc(-c4ccc(C[C@H](C#N)NC(=O)[C@@H]5CNCCCO5)cc4)cc32)CC1. The fraction of sp³-hybridized carbons (Fsp3) is 0.464. The minimum Gasteiger partial charge on any atom is -0.367 e. The number of ether oxygens (including phenoxy) is 1. The summed E-state index contributed by atoms with van der Waals surface area (Å²) in [4.78, 5) is 14.9. The van der Waals surface area contributed by atoms with E-state index in [1.165, 1.54) is 5.52 Å². The van der Waals surface area contributed by atoms with Crippen LogP contribution < -0.4 is 10.6 Å². The molecule has 0 aliphatic carbocycles. The number of piperidine rings is 1. The van der Waals surface area contributed by atoms with Gasteiger partial charge in [0.2, 0.25) is 0 Å². The Labute approximate surface area is 212 Å². The van der Waals surface area contributed by atoms with Gasteiger partial charge in [0.15, 0.2) is 0 Å². The van der Waals surface area contributed by atoms with Gasteiger partial charge in [-0.05, 0) is 68.7 Å². The second-order valence-corrected chi connectivity index (χ2v) is 9.91. The number of rotatable bonds is 6. The average molecular weight is 487 g/mol. The fourth-order valence-corrected chi connectivity index (χ4v) is 5.09. The van der Waals surface area contributed by atoms with Crippen LogP contribution in [0, 0.1) is 11.3 Å². The van der Waals surface area contributed by atoms with Gasteiger partial charge in [-0.3, -0.25) is 9.48 Å². The van der Waals surface area contributed by atoms with Crippen LogP contribution in [0.25, 0.3) is 22.0 Å². The van der Waals surface area contributed by atoms with Gasteiger partial charge in [0, 0.05) is 25.0 Å². The van der Waals surface area contributed by atoms with Crippen LogP contribution in [0.15, 0.2) is 48.7 Å². The van der Waals surface area contributed by atoms with Gasteiger partial charge in [0.05, 0.1) is 23.8 Å². The van der Waals surface area contributed by atoms with E-state index in [9.17, 15) is 10.1 Å². The summed E-state index contributed by atoms with van der Waals surface area (Å²) in [6, 6.07) is 16.8. The molecule has 2 N–H and O–H groups in total. The summed E-state index contributed by atoms with van der Waals surface area (Å²) < 4.78 is 7.81. The predicted octanol–water partition coefficient (Wildman–Crippen LogP) is 2.90. The van der Waals surface area contributed by atoms with Gasteiger partial charge < -0.3 is 20.3 Å². The summed E-state index contributed by atoms with van der Waals surface area (Å²) in [7, 11) is 2.18. The number of aromatic nitrogens is 2. The number of hydrogen-bond donors (Lipinski definition) is 2. The third kappa shape index (κ3) is 5.59. The van der Waals surface area contributed by atoms with Gasteiger partial charge in [-0.15, -0.1) is 0 Å². The number of nitrogens with zero attached hydrogens (tertiary/aromatic N) is 4. The van der Waals surface area contributed by atoms with E-state index in [0.717, 1.165) is 61.0 Å². The van der Waals surface area contributed by atoms with Crippen LogP contribution in [-0.2, 0) is 16.0 Å². The molecule has 0 saturated carbocycles. The fourth-order valence-electron chi connectivity index (χ4n) is 5.09. The molecular weight excluding hydrogens is 452 g/mol. The molecule has 2 aliphatic rings. The maximum absolute atomic E-state index is 12.6. The smallest absolute Gasteiger partial charge is 0.251 e. The molecule has 0 spiro atoms. The quantitative estimate of drug-likeness (QED) is 0.556. The van der Waals surface area contributed by atoms with Crippen LogP contribution >= 0.6 is 0 Å². The molecule has 5 rings (SSSR count). The van der Waals surface area contributed by atoms with Crippen LogP contribution in [-0.4, -0.2) is 72.6 Å². The minimum absolute atomic E-state index is 0.234. The number of fused-ring (bicyclic) bond motifs is 1. The molecule has 3 aromatic rings. The standard InChI is InChI=1S/C28H34N6O2/c1-33-12-9-25(10-13-33)34-26-16-22(7-8-23(26)18-31-34)21-5-3-20(4-6-21)15-24(17-29)32-28(35)27-19-30-11-2-14-36-27/h3-8,16,18,24-25,27,30H,2,9-15,19H2,1H3,(H,32,35)/t24-,27+/m1/s1. The average Bonchev–Trinajstić information content (AvgIpc) is 3.13. The summed E-state index contributed by atoms with van der Waals surface area (Å²) in [5, 5.41) is 21.5. The van der Waals surface area contributed by atoms with Gasteiger partial charge in [0.25, 0.3) is 5.91 Å². The summed E-state index contributed by atoms with van der Waals surface area (Å²) >= 11 is 0. The van der Waals surface area contributed by atoms with Crippen molar-refractivity contribution in [2.75, 3.05) is 39.8 Å². The van der Waals surface area contributed by atoms with E-state index in [4.69, 9.17) is 9.84 Å². The zero-order valence-corrected chi connectivity index (χ0v) is 20.8. The van der Waals surface area contributed by atoms with Gasteiger partial charge in [0.1, 0.15) is 12.1 Å². The molecule has 188 valence electrons. The van der Waals surface area contributed by atoms with Crippen LogP contribution in [0.4, 0.5) is 0 Å². The molecular formula is C28H34N6O2. The van der Waals surface area contributed by atoms with E-state index in [1.807, 2.05) is 18.3 Å². The molecule has 0 unspecified atom stereocenters. The number of likely N-dealkylation sites (tertiary alicyclic amines) is 1. The lowest BCUT2D eigenvalue weighted by atomic mass is 10.00. The van der Waals surface area contributed by atoms with E-state index < -0.39 is 12.1 Å². The number of carbonyl (C=O) groups excluding carboxylic acids is 1. The van der Waals surface area contributed by atoms with Crippen molar-refractivity contribution in [1.29, 1.82) is 5.26 Å². The summed E-state index contributed by atoms with van der Waals surface area (Å²) in [5.41, 5.74) is 4.44. The maximum Gasteiger partial charge on any atom is 0.251 e. The van der Waals surface area contributed by atoms with Crippen molar-refractivity contribution in [3.63, 3.8) is 0 Å². The van der Waals surface area contributed by atoms with Gasteiger partial charge in [-0.2, -0.15) is 10.4 Å². The molecule has 2 aliphatic heterocycles. The van der Waals surface area contributed by atoms with Crippen molar-refractivity contribution < 1.29 is 9.53 Å². The summed E-state index contributed by atoms with van der Waals surface area (Å²) in [6.45, 7) is 4.06. The van der Waals surface area contributed by atoms with Gasteiger partial charge in [-0.25, -0.2) is 0 Å². The Morgan fingerprint density at radius 2 is 2.00 bits per heavy atom. The second kappa shape index (κ2) is 11.2. The lowest BCUT2D eigenvalue weighted by Crippen LogP contribution is -2.46. The summed E-state index contributed by atoms with van der Waals surface area (Å²) in [5.74, 6) is -0.234. The number of amides is 1. The van der Waals surface area contributed by atoms with Crippen molar-refractivity contribution in [1.82, 2.24) is 25.3 Å². The number of hydrogen-bond acceptors (Lipinski definition) is 6. The van der Waals surface area contributed by atoms with E-state index in [0.29, 0.717) is 25.6 Å². The highest BCUT2D eigenvalue weighted by Crippen LogP contribution is 2.29. The zero-order valence-electron chi connectivity index (χ0n) is 20.8. The topological polar surface area (TPSA) is 95.2 Å². The first-order chi connectivity index (χ1) is 17.6. The van der Waals surface area contributed by atoms with Gasteiger partial charge in [-0.1, -0.05) is 36.4 Å². The van der Waals surface area contributed by atoms with Crippen molar-refractivity contribution >= 4 is 16.8 Å². The van der Waals surface area contributed by atoms with Crippen molar-refractivity contribution in [2.45, 2.75) is 43.9 Å². The molecule has 2 atom stereocenters. The van der Waals surface area contributed by atoms with Crippen molar-refractivity contribution in [3.05, 3.63) is 54.2 Å². The molecule has 8 heteroatoms. The molecule has 1 amide bonds. The highest BCUT2D eigenvalue weighted by atomic mass is 16.5. The molecule has 8 nitrogen and oxygen atoms in total. The largest absolute Gasteiger partial charge is 0.367 e. The molecule has 2 aromatic carbocycles. The van der Waals surface area contributed by atoms with E-state index in [-0.39, 0.29) is 5.91 Å². The Kier molecular flexibility index (Phi) is 7.61. The van der Waals surface area contributed by atoms with Crippen molar-refractivity contribution in [3.8, 4) is 17.2 Å². The Morgan fingerprint density at radius 1 is 1.22 bits per heavy atom. The number of nitrogens with one attached hydrogen (secondary N) is 2. The molecule has 3 heterocycles. The molecule has 2 fully saturated rings. The highest BCUT2D eigenvalue weighted by Gasteiger charge is 2.24. The lowest BCUT2D eigenvalue weighted by molar-refractivity contribution is -0.132. The third-order valence-corrected chi connectivity index (χ3v) is 7.27. The first kappa shape index (κ1) is 24.4. The number of carbonyl (C=O) groups is 1. The number of nitriles is 1. The third-order valence-electron chi connectivity index (χ3n) is 7.27. The van der Waals surface area contributed by atoms with Crippen molar-refractivity contribution in [2.24, 2.45) is 0 Å². The minimum atomic E-state index is -0.601. The Balaban J connectivity index is 1.26. The van der Waals surface area contributed by atoms with E-state index in [1.54, 1.807) is 0 Å². The summed E-state index contributed by atoms with van der Waals surface area (Å²) in [6.07, 6.45) is 4.98. The molecule has 1 aromatic heterocycles. The van der Waals surface area contributed by atoms with E-state index in [2.05, 4.69) is 63.7 Å². The van der Waals surface area contributed by atoms with Crippen LogP contribution in [0.3, 0.4) is 0 Å². The Hall–Kier alpha value is -3.25. The number of benzene rings is 2. The molecule has 36 heavy (non-hydrogen) atoms. The van der Waals surface area contributed by atoms with Crippen LogP contribution in [0.2, 0.25) is 0 Å². The first-order valence-electron chi connectivity index (χ1n) is 12.9. The Bertz CT molecular complexity index is 1220. The zero-order chi connectivity index (χ0) is 24.9. The van der Waals surface area contributed by atoms with Crippen LogP contribution in [0.5, 0.6) is 0 Å². The first-order valence-corrected chi connectivity index (χ1v) is 12.9.